The first-order chi connectivity index (χ1) is 15.2. The number of carbonyl (C=O) groups excluding carboxylic acids is 2. The maximum atomic E-state index is 12.3. The Kier molecular flexibility index (Phi) is 8.05. The van der Waals surface area contributed by atoms with Gasteiger partial charge in [-0.1, -0.05) is 42.5 Å². The molecule has 2 amide bonds. The molecule has 0 spiro atoms. The lowest BCUT2D eigenvalue weighted by atomic mass is 10.0. The van der Waals surface area contributed by atoms with E-state index < -0.39 is 0 Å². The molecule has 0 saturated carbocycles. The Hall–Kier alpha value is -3.80. The zero-order valence-electron chi connectivity index (χ0n) is 17.5. The monoisotopic (exact) mass is 418 g/mol. The summed E-state index contributed by atoms with van der Waals surface area (Å²) in [6.45, 7) is 3.06. The standard InChI is InChI=1S/C25H26N2O4/c1-2-30-22-12-14-23(15-13-22)31-18-24(28)26-16-17-27-25(29)21-10-8-20(9-11-21)19-6-4-3-5-7-19/h3-15H,2,16-18H2,1H3,(H,26,28)(H,27,29). The topological polar surface area (TPSA) is 76.7 Å². The van der Waals surface area contributed by atoms with Crippen LogP contribution in [0.25, 0.3) is 11.1 Å². The lowest BCUT2D eigenvalue weighted by Gasteiger charge is -2.09. The number of amides is 2. The van der Waals surface area contributed by atoms with Crippen molar-refractivity contribution in [1.82, 2.24) is 10.6 Å². The van der Waals surface area contributed by atoms with Gasteiger partial charge in [0.25, 0.3) is 11.8 Å². The van der Waals surface area contributed by atoms with Crippen molar-refractivity contribution in [2.75, 3.05) is 26.3 Å². The van der Waals surface area contributed by atoms with Gasteiger partial charge in [-0.2, -0.15) is 0 Å². The van der Waals surface area contributed by atoms with Crippen molar-refractivity contribution in [3.63, 3.8) is 0 Å². The van der Waals surface area contributed by atoms with Crippen LogP contribution in [0.1, 0.15) is 17.3 Å². The van der Waals surface area contributed by atoms with Crippen molar-refractivity contribution in [3.05, 3.63) is 84.4 Å². The van der Waals surface area contributed by atoms with Crippen LogP contribution in [0, 0.1) is 0 Å². The summed E-state index contributed by atoms with van der Waals surface area (Å²) in [5, 5.41) is 5.52. The van der Waals surface area contributed by atoms with Crippen LogP contribution in [0.5, 0.6) is 11.5 Å². The summed E-state index contributed by atoms with van der Waals surface area (Å²) in [6.07, 6.45) is 0. The van der Waals surface area contributed by atoms with E-state index in [1.165, 1.54) is 0 Å². The second-order valence-corrected chi connectivity index (χ2v) is 6.74. The summed E-state index contributed by atoms with van der Waals surface area (Å²) in [6, 6.07) is 24.5. The molecular formula is C25H26N2O4. The Bertz CT molecular complexity index is 971. The van der Waals surface area contributed by atoms with Gasteiger partial charge in [-0.25, -0.2) is 0 Å². The highest BCUT2D eigenvalue weighted by Crippen LogP contribution is 2.19. The van der Waals surface area contributed by atoms with Crippen LogP contribution < -0.4 is 20.1 Å². The van der Waals surface area contributed by atoms with Crippen LogP contribution in [-0.4, -0.2) is 38.1 Å². The largest absolute Gasteiger partial charge is 0.494 e. The molecule has 0 aromatic heterocycles. The smallest absolute Gasteiger partial charge is 0.258 e. The Balaban J connectivity index is 1.35. The molecule has 0 aliphatic carbocycles. The van der Waals surface area contributed by atoms with Crippen molar-refractivity contribution in [3.8, 4) is 22.6 Å². The predicted octanol–water partition coefficient (Wildman–Crippen LogP) is 3.68. The second kappa shape index (κ2) is 11.4. The van der Waals surface area contributed by atoms with Crippen LogP contribution in [0.4, 0.5) is 0 Å². The van der Waals surface area contributed by atoms with E-state index >= 15 is 0 Å². The van der Waals surface area contributed by atoms with Crippen LogP contribution in [0.3, 0.4) is 0 Å². The highest BCUT2D eigenvalue weighted by molar-refractivity contribution is 5.94. The number of hydrogen-bond acceptors (Lipinski definition) is 4. The fraction of sp³-hybridized carbons (Fsp3) is 0.200. The summed E-state index contributed by atoms with van der Waals surface area (Å²) >= 11 is 0. The summed E-state index contributed by atoms with van der Waals surface area (Å²) in [5.41, 5.74) is 2.73. The van der Waals surface area contributed by atoms with Crippen LogP contribution in [0.2, 0.25) is 0 Å². The zero-order valence-corrected chi connectivity index (χ0v) is 17.5. The molecule has 0 heterocycles. The summed E-state index contributed by atoms with van der Waals surface area (Å²) in [5.74, 6) is 0.908. The van der Waals surface area contributed by atoms with Crippen LogP contribution in [0.15, 0.2) is 78.9 Å². The number of hydrogen-bond donors (Lipinski definition) is 2. The highest BCUT2D eigenvalue weighted by atomic mass is 16.5. The first-order valence-electron chi connectivity index (χ1n) is 10.2. The SMILES string of the molecule is CCOc1ccc(OCC(=O)NCCNC(=O)c2ccc(-c3ccccc3)cc2)cc1. The lowest BCUT2D eigenvalue weighted by molar-refractivity contribution is -0.123. The maximum Gasteiger partial charge on any atom is 0.258 e. The van der Waals surface area contributed by atoms with E-state index in [1.807, 2.05) is 49.4 Å². The molecule has 3 rings (SSSR count). The van der Waals surface area contributed by atoms with Crippen molar-refractivity contribution < 1.29 is 19.1 Å². The molecule has 0 aliphatic rings. The fourth-order valence-corrected chi connectivity index (χ4v) is 2.92. The van der Waals surface area contributed by atoms with Crippen LogP contribution in [-0.2, 0) is 4.79 Å². The number of benzene rings is 3. The van der Waals surface area contributed by atoms with Crippen molar-refractivity contribution >= 4 is 11.8 Å². The molecule has 3 aromatic carbocycles. The Morgan fingerprint density at radius 3 is 1.94 bits per heavy atom. The molecule has 160 valence electrons. The molecule has 0 fully saturated rings. The van der Waals surface area contributed by atoms with E-state index in [9.17, 15) is 9.59 Å². The predicted molar refractivity (Wildman–Crippen MR) is 120 cm³/mol. The molecule has 31 heavy (non-hydrogen) atoms. The number of rotatable bonds is 10. The minimum atomic E-state index is -0.254. The Labute approximate surface area is 182 Å². The average molecular weight is 418 g/mol. The minimum absolute atomic E-state index is 0.0944. The summed E-state index contributed by atoms with van der Waals surface area (Å²) < 4.78 is 10.8. The van der Waals surface area contributed by atoms with Gasteiger partial charge in [-0.15, -0.1) is 0 Å². The van der Waals surface area contributed by atoms with Crippen molar-refractivity contribution in [1.29, 1.82) is 0 Å². The van der Waals surface area contributed by atoms with E-state index in [2.05, 4.69) is 10.6 Å². The molecule has 0 aliphatic heterocycles. The van der Waals surface area contributed by atoms with Crippen LogP contribution >= 0.6 is 0 Å². The minimum Gasteiger partial charge on any atom is -0.494 e. The zero-order chi connectivity index (χ0) is 21.9. The normalized spacial score (nSPS) is 10.2. The maximum absolute atomic E-state index is 12.3. The van der Waals surface area contributed by atoms with Gasteiger partial charge in [-0.3, -0.25) is 9.59 Å². The summed E-state index contributed by atoms with van der Waals surface area (Å²) in [4.78, 5) is 24.2. The van der Waals surface area contributed by atoms with Gasteiger partial charge in [0.1, 0.15) is 11.5 Å². The molecule has 0 unspecified atom stereocenters. The molecule has 0 saturated heterocycles. The Morgan fingerprint density at radius 1 is 0.710 bits per heavy atom. The quantitative estimate of drug-likeness (QED) is 0.493. The van der Waals surface area contributed by atoms with Gasteiger partial charge < -0.3 is 20.1 Å². The Morgan fingerprint density at radius 2 is 1.29 bits per heavy atom. The van der Waals surface area contributed by atoms with Gasteiger partial charge in [0.2, 0.25) is 0 Å². The van der Waals surface area contributed by atoms with Crippen molar-refractivity contribution in [2.24, 2.45) is 0 Å². The fourth-order valence-electron chi connectivity index (χ4n) is 2.92. The van der Waals surface area contributed by atoms with E-state index in [4.69, 9.17) is 9.47 Å². The number of carbonyl (C=O) groups is 2. The second-order valence-electron chi connectivity index (χ2n) is 6.74. The van der Waals surface area contributed by atoms with E-state index in [0.29, 0.717) is 31.0 Å². The molecule has 6 heteroatoms. The number of ether oxygens (including phenoxy) is 2. The van der Waals surface area contributed by atoms with Gasteiger partial charge in [0.05, 0.1) is 6.61 Å². The molecule has 0 atom stereocenters. The lowest BCUT2D eigenvalue weighted by Crippen LogP contribution is -2.36. The number of nitrogens with one attached hydrogen (secondary N) is 2. The third-order valence-corrected chi connectivity index (χ3v) is 4.49. The van der Waals surface area contributed by atoms with Gasteiger partial charge in [-0.05, 0) is 54.4 Å². The van der Waals surface area contributed by atoms with Gasteiger partial charge >= 0.3 is 0 Å². The highest BCUT2D eigenvalue weighted by Gasteiger charge is 2.07. The first-order valence-corrected chi connectivity index (χ1v) is 10.2. The van der Waals surface area contributed by atoms with Gasteiger partial charge in [0.15, 0.2) is 6.61 Å². The summed E-state index contributed by atoms with van der Waals surface area (Å²) in [7, 11) is 0. The van der Waals surface area contributed by atoms with Crippen molar-refractivity contribution in [2.45, 2.75) is 6.92 Å². The molecule has 2 N–H and O–H groups in total. The third kappa shape index (κ3) is 6.89. The van der Waals surface area contributed by atoms with Gasteiger partial charge in [0, 0.05) is 18.7 Å². The average Bonchev–Trinajstić information content (AvgIpc) is 2.82. The van der Waals surface area contributed by atoms with E-state index in [-0.39, 0.29) is 18.4 Å². The molecule has 3 aromatic rings. The first kappa shape index (κ1) is 21.9. The molecule has 0 radical (unpaired) electrons. The van der Waals surface area contributed by atoms with E-state index in [0.717, 1.165) is 16.9 Å². The molecule has 0 bridgehead atoms. The third-order valence-electron chi connectivity index (χ3n) is 4.49. The molecule has 6 nitrogen and oxygen atoms in total. The molecular weight excluding hydrogens is 392 g/mol. The van der Waals surface area contributed by atoms with E-state index in [1.54, 1.807) is 36.4 Å².